The van der Waals surface area contributed by atoms with E-state index in [9.17, 15) is 9.90 Å². The molecule has 55 heavy (non-hydrogen) atoms. The van der Waals surface area contributed by atoms with Crippen LogP contribution in [-0.4, -0.2) is 96.3 Å². The van der Waals surface area contributed by atoms with Gasteiger partial charge in [-0.25, -0.2) is 14.5 Å². The van der Waals surface area contributed by atoms with Crippen LogP contribution in [0.15, 0.2) is 24.8 Å². The summed E-state index contributed by atoms with van der Waals surface area (Å²) < 4.78 is 32.5. The average molecular weight is 814 g/mol. The first-order chi connectivity index (χ1) is 25.2. The molecule has 0 aromatic carbocycles. The van der Waals surface area contributed by atoms with Crippen LogP contribution in [0.1, 0.15) is 99.8 Å². The van der Waals surface area contributed by atoms with E-state index < -0.39 is 55.5 Å². The van der Waals surface area contributed by atoms with Crippen molar-refractivity contribution in [1.82, 2.24) is 29.3 Å². The molecule has 0 unspecified atom stereocenters. The van der Waals surface area contributed by atoms with Gasteiger partial charge in [-0.3, -0.25) is 4.57 Å². The Balaban J connectivity index is 1.68. The molecule has 4 heterocycles. The summed E-state index contributed by atoms with van der Waals surface area (Å²) in [5.41, 5.74) is 1.82. The monoisotopic (exact) mass is 813 g/mol. The minimum Gasteiger partial charge on any atom is -0.478 e. The predicted octanol–water partition coefficient (Wildman–Crippen LogP) is 9.16. The summed E-state index contributed by atoms with van der Waals surface area (Å²) in [5.74, 6) is -0.0840. The van der Waals surface area contributed by atoms with Crippen molar-refractivity contribution in [2.24, 2.45) is 0 Å². The number of rotatable bonds is 13. The molecule has 3 aromatic heterocycles. The fraction of sp³-hybridized carbons (Fsp3) is 0.718. The Labute approximate surface area is 331 Å². The zero-order valence-corrected chi connectivity index (χ0v) is 39.0. The number of aromatic nitrogens is 6. The molecule has 1 saturated heterocycles. The number of fused-ring (bicyclic) bond motifs is 1. The van der Waals surface area contributed by atoms with E-state index >= 15 is 0 Å². The summed E-state index contributed by atoms with van der Waals surface area (Å²) in [6.07, 6.45) is 10.1. The van der Waals surface area contributed by atoms with Gasteiger partial charge in [0.15, 0.2) is 48.2 Å². The molecule has 0 radical (unpaired) electrons. The van der Waals surface area contributed by atoms with E-state index in [1.54, 1.807) is 23.4 Å². The molecule has 306 valence electrons. The van der Waals surface area contributed by atoms with Crippen LogP contribution in [0.2, 0.25) is 54.4 Å². The second-order valence-electron chi connectivity index (χ2n) is 20.0. The quantitative estimate of drug-likeness (QED) is 0.126. The van der Waals surface area contributed by atoms with E-state index in [0.717, 1.165) is 31.8 Å². The summed E-state index contributed by atoms with van der Waals surface area (Å²) in [5, 5.41) is 17.3. The largest absolute Gasteiger partial charge is 0.478 e. The number of anilines is 1. The molecule has 4 atom stereocenters. The van der Waals surface area contributed by atoms with Gasteiger partial charge in [0.2, 0.25) is 0 Å². The molecule has 0 spiro atoms. The van der Waals surface area contributed by atoms with Crippen molar-refractivity contribution >= 4 is 54.0 Å². The Bertz CT molecular complexity index is 1850. The lowest BCUT2D eigenvalue weighted by Gasteiger charge is -2.44. The molecular formula is C39H67N7O6Si3. The lowest BCUT2D eigenvalue weighted by Crippen LogP contribution is -2.54. The van der Waals surface area contributed by atoms with Gasteiger partial charge in [-0.15, -0.1) is 0 Å². The summed E-state index contributed by atoms with van der Waals surface area (Å²) in [6, 6.07) is 0.263. The molecule has 2 aliphatic rings. The first-order valence-corrected chi connectivity index (χ1v) is 28.6. The number of imidazole rings is 1. The molecule has 5 rings (SSSR count). The Morgan fingerprint density at radius 1 is 0.909 bits per heavy atom. The predicted molar refractivity (Wildman–Crippen MR) is 226 cm³/mol. The number of ether oxygens (including phenoxy) is 1. The van der Waals surface area contributed by atoms with Gasteiger partial charge in [-0.05, 0) is 73.3 Å². The van der Waals surface area contributed by atoms with Crippen LogP contribution in [0.3, 0.4) is 0 Å². The van der Waals surface area contributed by atoms with E-state index in [4.69, 9.17) is 33.0 Å². The highest BCUT2D eigenvalue weighted by Gasteiger charge is 2.55. The van der Waals surface area contributed by atoms with Crippen molar-refractivity contribution in [2.45, 2.75) is 173 Å². The summed E-state index contributed by atoms with van der Waals surface area (Å²) in [4.78, 5) is 26.2. The smallest absolute Gasteiger partial charge is 0.328 e. The Morgan fingerprint density at radius 2 is 1.49 bits per heavy atom. The van der Waals surface area contributed by atoms with Gasteiger partial charge in [0.1, 0.15) is 18.3 Å². The number of nitrogens with one attached hydrogen (secondary N) is 1. The van der Waals surface area contributed by atoms with Crippen molar-refractivity contribution in [3.63, 3.8) is 0 Å². The Morgan fingerprint density at radius 3 is 2.05 bits per heavy atom. The van der Waals surface area contributed by atoms with Crippen LogP contribution in [0.5, 0.6) is 0 Å². The summed E-state index contributed by atoms with van der Waals surface area (Å²) in [7, 11) is -6.92. The third kappa shape index (κ3) is 9.53. The molecule has 13 nitrogen and oxygen atoms in total. The maximum atomic E-state index is 11.2. The van der Waals surface area contributed by atoms with Crippen molar-refractivity contribution in [3.8, 4) is 5.95 Å². The first-order valence-electron chi connectivity index (χ1n) is 19.8. The number of carboxylic acid groups (broad SMARTS) is 1. The molecule has 0 amide bonds. The number of carbonyl (C=O) groups is 1. The molecule has 16 heteroatoms. The molecule has 3 aromatic rings. The standard InChI is InChI=1S/C39H67N7O6Si3/c1-37(2,3)53(10,11)49-24-28-31(51-54(12,13)38(4,5)6)32(52-55(14,15)39(7,8)9)35(50-28)45-25-40-30-33(42-27-18-16-17-19-27)43-36(44-34(30)45)46-23-26(22-41-46)20-21-29(47)48/h20-23,25,27-28,31-32,35H,16-19,24H2,1-15H3,(H,47,48)(H,42,43,44)/t28-,31-,32-,35+/m0/s1. The van der Waals surface area contributed by atoms with Crippen LogP contribution in [0, 0.1) is 0 Å². The molecule has 2 fully saturated rings. The van der Waals surface area contributed by atoms with Crippen molar-refractivity contribution in [1.29, 1.82) is 0 Å². The molecule has 1 aliphatic heterocycles. The normalized spacial score (nSPS) is 22.4. The van der Waals surface area contributed by atoms with Crippen LogP contribution >= 0.6 is 0 Å². The summed E-state index contributed by atoms with van der Waals surface area (Å²) >= 11 is 0. The van der Waals surface area contributed by atoms with Crippen LogP contribution < -0.4 is 5.32 Å². The van der Waals surface area contributed by atoms with Gasteiger partial charge in [-0.1, -0.05) is 75.2 Å². The third-order valence-electron chi connectivity index (χ3n) is 12.8. The Kier molecular flexibility index (Phi) is 12.3. The minimum atomic E-state index is -2.40. The SMILES string of the molecule is CC(C)(C)[Si](C)(C)OC[C@@H]1O[C@@H](n2cnc3c(NC4CCCC4)nc(-n4cc(C=CC(=O)O)cn4)nc32)[C@@H](O[Si](C)(C)C(C)(C)C)[C@H]1O[Si](C)(C)C(C)(C)C. The fourth-order valence-corrected chi connectivity index (χ4v) is 9.75. The summed E-state index contributed by atoms with van der Waals surface area (Å²) in [6.45, 7) is 34.3. The van der Waals surface area contributed by atoms with E-state index in [2.05, 4.69) is 112 Å². The van der Waals surface area contributed by atoms with Gasteiger partial charge < -0.3 is 28.4 Å². The second kappa shape index (κ2) is 15.5. The zero-order valence-electron chi connectivity index (χ0n) is 36.0. The van der Waals surface area contributed by atoms with Crippen molar-refractivity contribution in [3.05, 3.63) is 30.4 Å². The second-order valence-corrected chi connectivity index (χ2v) is 34.4. The molecule has 1 aliphatic carbocycles. The van der Waals surface area contributed by atoms with Gasteiger partial charge in [-0.2, -0.15) is 15.1 Å². The molecule has 2 N–H and O–H groups in total. The van der Waals surface area contributed by atoms with Crippen molar-refractivity contribution in [2.75, 3.05) is 11.9 Å². The highest BCUT2D eigenvalue weighted by atomic mass is 28.4. The fourth-order valence-electron chi connectivity index (χ4n) is 6.13. The number of aliphatic carboxylic acids is 1. The first kappa shape index (κ1) is 43.4. The number of hydrogen-bond donors (Lipinski definition) is 2. The van der Waals surface area contributed by atoms with E-state index in [0.29, 0.717) is 35.1 Å². The van der Waals surface area contributed by atoms with Crippen molar-refractivity contribution < 1.29 is 27.9 Å². The Hall–Kier alpha value is -2.74. The van der Waals surface area contributed by atoms with Gasteiger partial charge in [0.25, 0.3) is 5.95 Å². The topological polar surface area (TPSA) is 148 Å². The number of nitrogens with zero attached hydrogens (tertiary/aromatic N) is 6. The lowest BCUT2D eigenvalue weighted by atomic mass is 10.1. The molecular weight excluding hydrogens is 747 g/mol. The van der Waals surface area contributed by atoms with Crippen LogP contribution in [-0.2, 0) is 22.8 Å². The highest BCUT2D eigenvalue weighted by molar-refractivity contribution is 6.75. The number of carboxylic acids is 1. The van der Waals surface area contributed by atoms with E-state index in [1.165, 1.54) is 6.08 Å². The van der Waals surface area contributed by atoms with E-state index in [1.807, 2.05) is 4.57 Å². The number of hydrogen-bond acceptors (Lipinski definition) is 10. The maximum absolute atomic E-state index is 11.2. The minimum absolute atomic E-state index is 0.0181. The van der Waals surface area contributed by atoms with Gasteiger partial charge in [0.05, 0.1) is 19.1 Å². The van der Waals surface area contributed by atoms with Crippen LogP contribution in [0.25, 0.3) is 23.2 Å². The zero-order chi connectivity index (χ0) is 40.9. The van der Waals surface area contributed by atoms with Crippen LogP contribution in [0.4, 0.5) is 5.82 Å². The molecule has 1 saturated carbocycles. The average Bonchev–Trinajstić information content (AvgIpc) is 3.85. The molecule has 0 bridgehead atoms. The lowest BCUT2D eigenvalue weighted by molar-refractivity contribution is -0.131. The van der Waals surface area contributed by atoms with Gasteiger partial charge >= 0.3 is 5.97 Å². The highest BCUT2D eigenvalue weighted by Crippen LogP contribution is 2.47. The van der Waals surface area contributed by atoms with Gasteiger partial charge in [0, 0.05) is 23.9 Å². The maximum Gasteiger partial charge on any atom is 0.328 e. The van der Waals surface area contributed by atoms with E-state index in [-0.39, 0.29) is 21.2 Å². The third-order valence-corrected chi connectivity index (χ3v) is 26.2.